The summed E-state index contributed by atoms with van der Waals surface area (Å²) in [5, 5.41) is 2.60. The van der Waals surface area contributed by atoms with Crippen LogP contribution in [0.4, 0.5) is 10.5 Å². The number of alkyl carbamates (subject to hydrolysis) is 1. The number of nitrogens with zero attached hydrogens (tertiary/aromatic N) is 1. The molecule has 1 unspecified atom stereocenters. The summed E-state index contributed by atoms with van der Waals surface area (Å²) in [6.45, 7) is 0.600. The fourth-order valence-electron chi connectivity index (χ4n) is 2.08. The number of nitrogens with one attached hydrogen (secondary N) is 1. The van der Waals surface area contributed by atoms with Crippen LogP contribution in [0, 0.1) is 0 Å². The third-order valence-electron chi connectivity index (χ3n) is 3.18. The number of hydrogen-bond acceptors (Lipinski definition) is 5. The van der Waals surface area contributed by atoms with Gasteiger partial charge in [-0.2, -0.15) is 4.31 Å². The van der Waals surface area contributed by atoms with E-state index in [1.165, 1.54) is 23.5 Å². The molecule has 1 fully saturated rings. The third-order valence-corrected chi connectivity index (χ3v) is 5.06. The molecule has 0 aliphatic carbocycles. The summed E-state index contributed by atoms with van der Waals surface area (Å²) in [7, 11) is -2.27. The zero-order valence-corrected chi connectivity index (χ0v) is 11.9. The maximum absolute atomic E-state index is 12.4. The smallest absolute Gasteiger partial charge is 0.407 e. The van der Waals surface area contributed by atoms with Gasteiger partial charge in [-0.25, -0.2) is 13.2 Å². The molecule has 0 aromatic heterocycles. The summed E-state index contributed by atoms with van der Waals surface area (Å²) in [5.41, 5.74) is 6.06. The van der Waals surface area contributed by atoms with E-state index in [4.69, 9.17) is 5.73 Å². The van der Waals surface area contributed by atoms with Gasteiger partial charge in [0.15, 0.2) is 0 Å². The molecule has 3 N–H and O–H groups in total. The fraction of sp³-hybridized carbons (Fsp3) is 0.417. The van der Waals surface area contributed by atoms with Crippen LogP contribution in [0.15, 0.2) is 29.2 Å². The van der Waals surface area contributed by atoms with Crippen molar-refractivity contribution in [2.24, 2.45) is 0 Å². The van der Waals surface area contributed by atoms with Crippen molar-refractivity contribution in [3.05, 3.63) is 24.3 Å². The van der Waals surface area contributed by atoms with Gasteiger partial charge in [-0.05, 0) is 30.7 Å². The number of sulfonamides is 1. The third kappa shape index (κ3) is 3.02. The van der Waals surface area contributed by atoms with Crippen LogP contribution in [0.2, 0.25) is 0 Å². The molecular weight excluding hydrogens is 282 g/mol. The highest BCUT2D eigenvalue weighted by atomic mass is 32.2. The minimum atomic E-state index is -3.55. The Labute approximate surface area is 117 Å². The van der Waals surface area contributed by atoms with Gasteiger partial charge in [-0.15, -0.1) is 0 Å². The molecule has 1 heterocycles. The standard InChI is InChI=1S/C12H17N3O4S/c1-19-12(16)14-10-6-7-15(8-10)20(17,18)11-4-2-9(13)3-5-11/h2-5,10H,6-8,13H2,1H3,(H,14,16). The molecule has 2 rings (SSSR count). The molecule has 8 heteroatoms. The van der Waals surface area contributed by atoms with Crippen LogP contribution in [0.3, 0.4) is 0 Å². The van der Waals surface area contributed by atoms with Gasteiger partial charge in [0.2, 0.25) is 10.0 Å². The summed E-state index contributed by atoms with van der Waals surface area (Å²) in [6, 6.07) is 5.82. The SMILES string of the molecule is COC(=O)NC1CCN(S(=O)(=O)c2ccc(N)cc2)C1. The van der Waals surface area contributed by atoms with Crippen molar-refractivity contribution in [2.45, 2.75) is 17.4 Å². The van der Waals surface area contributed by atoms with E-state index in [1.54, 1.807) is 12.1 Å². The molecule has 7 nitrogen and oxygen atoms in total. The monoisotopic (exact) mass is 299 g/mol. The first-order chi connectivity index (χ1) is 9.43. The number of benzene rings is 1. The quantitative estimate of drug-likeness (QED) is 0.786. The second-order valence-electron chi connectivity index (χ2n) is 4.55. The number of amides is 1. The summed E-state index contributed by atoms with van der Waals surface area (Å²) in [5.74, 6) is 0. The zero-order valence-electron chi connectivity index (χ0n) is 11.1. The van der Waals surface area contributed by atoms with Crippen molar-refractivity contribution >= 4 is 21.8 Å². The second-order valence-corrected chi connectivity index (χ2v) is 6.49. The number of nitrogen functional groups attached to an aromatic ring is 1. The van der Waals surface area contributed by atoms with Crippen LogP contribution in [-0.4, -0.2) is 45.1 Å². The van der Waals surface area contributed by atoms with E-state index in [2.05, 4.69) is 10.1 Å². The Morgan fingerprint density at radius 3 is 2.65 bits per heavy atom. The van der Waals surface area contributed by atoms with Crippen LogP contribution in [0.1, 0.15) is 6.42 Å². The van der Waals surface area contributed by atoms with E-state index in [0.29, 0.717) is 18.7 Å². The first-order valence-corrected chi connectivity index (χ1v) is 7.57. The summed E-state index contributed by atoms with van der Waals surface area (Å²) in [6.07, 6.45) is 0.00488. The lowest BCUT2D eigenvalue weighted by atomic mass is 10.3. The molecule has 1 atom stereocenters. The predicted octanol–water partition coefficient (Wildman–Crippen LogP) is 0.388. The maximum atomic E-state index is 12.4. The minimum Gasteiger partial charge on any atom is -0.453 e. The van der Waals surface area contributed by atoms with Crippen LogP contribution >= 0.6 is 0 Å². The number of nitrogens with two attached hydrogens (primary N) is 1. The molecule has 1 aliphatic heterocycles. The molecule has 0 spiro atoms. The highest BCUT2D eigenvalue weighted by Gasteiger charge is 2.33. The largest absolute Gasteiger partial charge is 0.453 e. The number of rotatable bonds is 3. The van der Waals surface area contributed by atoms with E-state index in [9.17, 15) is 13.2 Å². The Bertz CT molecular complexity index is 585. The zero-order chi connectivity index (χ0) is 14.8. The van der Waals surface area contributed by atoms with Crippen molar-refractivity contribution in [1.29, 1.82) is 0 Å². The molecule has 0 saturated carbocycles. The van der Waals surface area contributed by atoms with Gasteiger partial charge in [0.25, 0.3) is 0 Å². The highest BCUT2D eigenvalue weighted by Crippen LogP contribution is 2.21. The van der Waals surface area contributed by atoms with E-state index in [-0.39, 0.29) is 17.5 Å². The van der Waals surface area contributed by atoms with Gasteiger partial charge in [-0.1, -0.05) is 0 Å². The summed E-state index contributed by atoms with van der Waals surface area (Å²) < 4.78 is 30.6. The molecule has 0 radical (unpaired) electrons. The van der Waals surface area contributed by atoms with E-state index < -0.39 is 16.1 Å². The molecule has 1 saturated heterocycles. The van der Waals surface area contributed by atoms with E-state index in [0.717, 1.165) is 0 Å². The Morgan fingerprint density at radius 2 is 2.05 bits per heavy atom. The van der Waals surface area contributed by atoms with Crippen LogP contribution < -0.4 is 11.1 Å². The van der Waals surface area contributed by atoms with Crippen molar-refractivity contribution in [2.75, 3.05) is 25.9 Å². The minimum absolute atomic E-state index is 0.199. The van der Waals surface area contributed by atoms with E-state index in [1.807, 2.05) is 0 Å². The molecular formula is C12H17N3O4S. The van der Waals surface area contributed by atoms with Gasteiger partial charge in [-0.3, -0.25) is 0 Å². The number of anilines is 1. The number of carbonyl (C=O) groups is 1. The number of ether oxygens (including phenoxy) is 1. The Balaban J connectivity index is 2.08. The number of hydrogen-bond donors (Lipinski definition) is 2. The van der Waals surface area contributed by atoms with Crippen molar-refractivity contribution in [1.82, 2.24) is 9.62 Å². The van der Waals surface area contributed by atoms with Crippen molar-refractivity contribution in [3.63, 3.8) is 0 Å². The van der Waals surface area contributed by atoms with Crippen molar-refractivity contribution in [3.8, 4) is 0 Å². The molecule has 1 aromatic carbocycles. The molecule has 0 bridgehead atoms. The van der Waals surface area contributed by atoms with Gasteiger partial charge in [0, 0.05) is 24.8 Å². The topological polar surface area (TPSA) is 102 Å². The van der Waals surface area contributed by atoms with Crippen molar-refractivity contribution < 1.29 is 17.9 Å². The lowest BCUT2D eigenvalue weighted by Gasteiger charge is -2.17. The average molecular weight is 299 g/mol. The number of carbonyl (C=O) groups excluding carboxylic acids is 1. The van der Waals surface area contributed by atoms with Gasteiger partial charge in [0.1, 0.15) is 0 Å². The first-order valence-electron chi connectivity index (χ1n) is 6.13. The molecule has 1 aliphatic rings. The van der Waals surface area contributed by atoms with Crippen LogP contribution in [-0.2, 0) is 14.8 Å². The van der Waals surface area contributed by atoms with Gasteiger partial charge in [0.05, 0.1) is 12.0 Å². The van der Waals surface area contributed by atoms with E-state index >= 15 is 0 Å². The molecule has 1 amide bonds. The van der Waals surface area contributed by atoms with Crippen LogP contribution in [0.5, 0.6) is 0 Å². The van der Waals surface area contributed by atoms with Crippen LogP contribution in [0.25, 0.3) is 0 Å². The second kappa shape index (κ2) is 5.68. The lowest BCUT2D eigenvalue weighted by Crippen LogP contribution is -2.38. The highest BCUT2D eigenvalue weighted by molar-refractivity contribution is 7.89. The average Bonchev–Trinajstić information content (AvgIpc) is 2.88. The molecule has 1 aromatic rings. The Morgan fingerprint density at radius 1 is 1.40 bits per heavy atom. The van der Waals surface area contributed by atoms with Gasteiger partial charge >= 0.3 is 6.09 Å². The summed E-state index contributed by atoms with van der Waals surface area (Å²) in [4.78, 5) is 11.3. The Kier molecular flexibility index (Phi) is 4.15. The lowest BCUT2D eigenvalue weighted by molar-refractivity contribution is 0.167. The first kappa shape index (κ1) is 14.6. The Hall–Kier alpha value is -1.80. The fourth-order valence-corrected chi connectivity index (χ4v) is 3.58. The predicted molar refractivity (Wildman–Crippen MR) is 73.6 cm³/mol. The van der Waals surface area contributed by atoms with Gasteiger partial charge < -0.3 is 15.8 Å². The maximum Gasteiger partial charge on any atom is 0.407 e. The molecule has 110 valence electrons. The summed E-state index contributed by atoms with van der Waals surface area (Å²) >= 11 is 0. The molecule has 20 heavy (non-hydrogen) atoms. The normalized spacial score (nSPS) is 19.8. The number of methoxy groups -OCH3 is 1.